The minimum Gasteiger partial charge on any atom is -0.393 e. The lowest BCUT2D eigenvalue weighted by Crippen LogP contribution is -2.34. The molecule has 3 unspecified atom stereocenters. The van der Waals surface area contributed by atoms with Gasteiger partial charge in [-0.15, -0.1) is 0 Å². The average Bonchev–Trinajstić information content (AvgIpc) is 2.13. The van der Waals surface area contributed by atoms with Crippen LogP contribution in [-0.4, -0.2) is 35.7 Å². The zero-order valence-electron chi connectivity index (χ0n) is 10.1. The van der Waals surface area contributed by atoms with E-state index in [4.69, 9.17) is 5.11 Å². The van der Waals surface area contributed by atoms with E-state index in [0.717, 1.165) is 12.2 Å². The molecule has 0 aliphatic carbocycles. The first kappa shape index (κ1) is 14.8. The van der Waals surface area contributed by atoms with E-state index in [1.807, 2.05) is 20.1 Å². The van der Waals surface area contributed by atoms with E-state index in [1.54, 1.807) is 18.7 Å². The number of hydrogen-bond acceptors (Lipinski definition) is 3. The summed E-state index contributed by atoms with van der Waals surface area (Å²) >= 11 is 1.68. The molecule has 0 aromatic heterocycles. The molecule has 3 atom stereocenters. The molecule has 0 bridgehead atoms. The molecule has 0 aliphatic rings. The summed E-state index contributed by atoms with van der Waals surface area (Å²) in [6, 6.07) is 0. The number of rotatable bonds is 7. The van der Waals surface area contributed by atoms with Gasteiger partial charge in [0.1, 0.15) is 0 Å². The summed E-state index contributed by atoms with van der Waals surface area (Å²) in [6.07, 6.45) is 2.44. The van der Waals surface area contributed by atoms with E-state index in [0.29, 0.717) is 12.5 Å². The van der Waals surface area contributed by atoms with Crippen LogP contribution < -0.4 is 5.32 Å². The number of aliphatic hydroxyl groups is 1. The van der Waals surface area contributed by atoms with Crippen LogP contribution >= 0.6 is 11.8 Å². The minimum absolute atomic E-state index is 0.0683. The van der Waals surface area contributed by atoms with Crippen LogP contribution in [0.25, 0.3) is 0 Å². The number of aliphatic hydroxyl groups excluding tert-OH is 1. The van der Waals surface area contributed by atoms with E-state index >= 15 is 0 Å². The van der Waals surface area contributed by atoms with Crippen LogP contribution in [0.15, 0.2) is 0 Å². The van der Waals surface area contributed by atoms with E-state index < -0.39 is 0 Å². The van der Waals surface area contributed by atoms with Gasteiger partial charge in [0.2, 0.25) is 5.91 Å². The maximum atomic E-state index is 11.5. The van der Waals surface area contributed by atoms with Gasteiger partial charge in [0.15, 0.2) is 0 Å². The van der Waals surface area contributed by atoms with Gasteiger partial charge in [-0.25, -0.2) is 0 Å². The van der Waals surface area contributed by atoms with Crippen molar-refractivity contribution in [1.82, 2.24) is 5.32 Å². The third-order valence-electron chi connectivity index (χ3n) is 2.23. The Morgan fingerprint density at radius 2 is 2.00 bits per heavy atom. The second-order valence-electron chi connectivity index (χ2n) is 4.29. The smallest absolute Gasteiger partial charge is 0.223 e. The first-order chi connectivity index (χ1) is 6.97. The van der Waals surface area contributed by atoms with E-state index in [-0.39, 0.29) is 17.9 Å². The standard InChI is InChI=1S/C11H23NO2S/c1-8(5-10(3)13)6-12-11(14)9(2)7-15-4/h8-10,13H,5-7H2,1-4H3,(H,12,14). The van der Waals surface area contributed by atoms with Crippen molar-refractivity contribution in [2.45, 2.75) is 33.3 Å². The molecule has 15 heavy (non-hydrogen) atoms. The molecule has 0 aromatic rings. The SMILES string of the molecule is CSCC(C)C(=O)NCC(C)CC(C)O. The first-order valence-electron chi connectivity index (χ1n) is 5.42. The fourth-order valence-corrected chi connectivity index (χ4v) is 2.09. The van der Waals surface area contributed by atoms with Gasteiger partial charge in [-0.1, -0.05) is 13.8 Å². The van der Waals surface area contributed by atoms with Crippen molar-refractivity contribution in [3.63, 3.8) is 0 Å². The van der Waals surface area contributed by atoms with Crippen molar-refractivity contribution in [1.29, 1.82) is 0 Å². The molecule has 0 radical (unpaired) electrons. The Kier molecular flexibility index (Phi) is 7.88. The molecule has 0 fully saturated rings. The molecular formula is C11H23NO2S. The summed E-state index contributed by atoms with van der Waals surface area (Å²) in [5.74, 6) is 1.37. The summed E-state index contributed by atoms with van der Waals surface area (Å²) in [5, 5.41) is 12.1. The Morgan fingerprint density at radius 1 is 1.40 bits per heavy atom. The Balaban J connectivity index is 3.70. The fraction of sp³-hybridized carbons (Fsp3) is 0.909. The molecule has 1 amide bonds. The van der Waals surface area contributed by atoms with Gasteiger partial charge in [-0.2, -0.15) is 11.8 Å². The fourth-order valence-electron chi connectivity index (χ4n) is 1.44. The number of hydrogen-bond donors (Lipinski definition) is 2. The Bertz CT molecular complexity index is 185. The molecule has 3 nitrogen and oxygen atoms in total. The number of carbonyl (C=O) groups is 1. The maximum absolute atomic E-state index is 11.5. The summed E-state index contributed by atoms with van der Waals surface area (Å²) in [4.78, 5) is 11.5. The zero-order chi connectivity index (χ0) is 11.8. The van der Waals surface area contributed by atoms with E-state index in [2.05, 4.69) is 5.32 Å². The quantitative estimate of drug-likeness (QED) is 0.701. The third kappa shape index (κ3) is 7.68. The number of thioether (sulfide) groups is 1. The Labute approximate surface area is 97.0 Å². The molecule has 0 rings (SSSR count). The van der Waals surface area contributed by atoms with Gasteiger partial charge < -0.3 is 10.4 Å². The molecule has 2 N–H and O–H groups in total. The Morgan fingerprint density at radius 3 is 2.47 bits per heavy atom. The van der Waals surface area contributed by atoms with Crippen LogP contribution in [-0.2, 0) is 4.79 Å². The summed E-state index contributed by atoms with van der Waals surface area (Å²) < 4.78 is 0. The second-order valence-corrected chi connectivity index (χ2v) is 5.20. The summed E-state index contributed by atoms with van der Waals surface area (Å²) in [5.41, 5.74) is 0. The van der Waals surface area contributed by atoms with Crippen LogP contribution in [0.4, 0.5) is 0 Å². The van der Waals surface area contributed by atoms with Crippen LogP contribution in [0, 0.1) is 11.8 Å². The van der Waals surface area contributed by atoms with Crippen molar-refractivity contribution in [2.75, 3.05) is 18.6 Å². The molecule has 0 aliphatic heterocycles. The van der Waals surface area contributed by atoms with Gasteiger partial charge in [-0.3, -0.25) is 4.79 Å². The normalized spacial score (nSPS) is 16.9. The van der Waals surface area contributed by atoms with Crippen molar-refractivity contribution in [3.05, 3.63) is 0 Å². The molecule has 0 saturated heterocycles. The third-order valence-corrected chi connectivity index (χ3v) is 3.07. The largest absolute Gasteiger partial charge is 0.393 e. The summed E-state index contributed by atoms with van der Waals surface area (Å²) in [7, 11) is 0. The van der Waals surface area contributed by atoms with Gasteiger partial charge in [-0.05, 0) is 25.5 Å². The molecule has 0 spiro atoms. The predicted octanol–water partition coefficient (Wildman–Crippen LogP) is 1.51. The molecule has 0 heterocycles. The number of carbonyl (C=O) groups excluding carboxylic acids is 1. The lowest BCUT2D eigenvalue weighted by Gasteiger charge is -2.16. The molecule has 4 heteroatoms. The second kappa shape index (κ2) is 7.99. The van der Waals surface area contributed by atoms with Crippen LogP contribution in [0.5, 0.6) is 0 Å². The van der Waals surface area contributed by atoms with Crippen LogP contribution in [0.2, 0.25) is 0 Å². The number of nitrogens with one attached hydrogen (secondary N) is 1. The lowest BCUT2D eigenvalue weighted by atomic mass is 10.0. The van der Waals surface area contributed by atoms with E-state index in [1.165, 1.54) is 0 Å². The van der Waals surface area contributed by atoms with Crippen molar-refractivity contribution >= 4 is 17.7 Å². The highest BCUT2D eigenvalue weighted by molar-refractivity contribution is 7.98. The van der Waals surface area contributed by atoms with Crippen molar-refractivity contribution < 1.29 is 9.90 Å². The molecule has 90 valence electrons. The monoisotopic (exact) mass is 233 g/mol. The molecule has 0 saturated carbocycles. The maximum Gasteiger partial charge on any atom is 0.223 e. The predicted molar refractivity (Wildman–Crippen MR) is 66.0 cm³/mol. The minimum atomic E-state index is -0.291. The molecule has 0 aromatic carbocycles. The van der Waals surface area contributed by atoms with Crippen LogP contribution in [0.3, 0.4) is 0 Å². The topological polar surface area (TPSA) is 49.3 Å². The highest BCUT2D eigenvalue weighted by Gasteiger charge is 2.13. The summed E-state index contributed by atoms with van der Waals surface area (Å²) in [6.45, 7) is 6.40. The van der Waals surface area contributed by atoms with Gasteiger partial charge in [0, 0.05) is 18.2 Å². The number of amides is 1. The first-order valence-corrected chi connectivity index (χ1v) is 6.81. The lowest BCUT2D eigenvalue weighted by molar-refractivity contribution is -0.124. The average molecular weight is 233 g/mol. The van der Waals surface area contributed by atoms with Crippen molar-refractivity contribution in [2.24, 2.45) is 11.8 Å². The highest BCUT2D eigenvalue weighted by atomic mass is 32.2. The van der Waals surface area contributed by atoms with E-state index in [9.17, 15) is 4.79 Å². The van der Waals surface area contributed by atoms with Gasteiger partial charge >= 0.3 is 0 Å². The molecular weight excluding hydrogens is 210 g/mol. The zero-order valence-corrected chi connectivity index (χ0v) is 10.9. The van der Waals surface area contributed by atoms with Gasteiger partial charge in [0.25, 0.3) is 0 Å². The van der Waals surface area contributed by atoms with Crippen molar-refractivity contribution in [3.8, 4) is 0 Å². The highest BCUT2D eigenvalue weighted by Crippen LogP contribution is 2.06. The van der Waals surface area contributed by atoms with Crippen LogP contribution in [0.1, 0.15) is 27.2 Å². The Hall–Kier alpha value is -0.220. The van der Waals surface area contributed by atoms with Gasteiger partial charge in [0.05, 0.1) is 6.10 Å².